The molecule has 7 heteroatoms. The van der Waals surface area contributed by atoms with E-state index in [2.05, 4.69) is 44.1 Å². The first kappa shape index (κ1) is 19.2. The van der Waals surface area contributed by atoms with Crippen LogP contribution in [-0.4, -0.2) is 42.6 Å². The standard InChI is InChI=1S/C21H30N6S/c1-3-23-20(22-2)26-21-25-18(14-28-21)17-9-6-10-19(24-17)27-12-11-15-7-4-5-8-16(15)13-27/h6,9-10,14-16H,3-5,7-8,11-13H2,1-2H3,(H2,22,23,25,26)/t15-,16+/m0/s1. The van der Waals surface area contributed by atoms with Gasteiger partial charge in [-0.05, 0) is 43.7 Å². The number of hydrogen-bond donors (Lipinski definition) is 2. The van der Waals surface area contributed by atoms with Gasteiger partial charge in [0, 0.05) is 32.1 Å². The van der Waals surface area contributed by atoms with Crippen LogP contribution in [0.5, 0.6) is 0 Å². The molecule has 3 heterocycles. The number of hydrogen-bond acceptors (Lipinski definition) is 5. The summed E-state index contributed by atoms with van der Waals surface area (Å²) in [6, 6.07) is 6.30. The lowest BCUT2D eigenvalue weighted by atomic mass is 9.75. The van der Waals surface area contributed by atoms with Crippen LogP contribution in [0.3, 0.4) is 0 Å². The first-order valence-electron chi connectivity index (χ1n) is 10.4. The summed E-state index contributed by atoms with van der Waals surface area (Å²) in [6.07, 6.45) is 6.94. The largest absolute Gasteiger partial charge is 0.356 e. The monoisotopic (exact) mass is 398 g/mol. The minimum Gasteiger partial charge on any atom is -0.356 e. The second-order valence-corrected chi connectivity index (χ2v) is 8.54. The molecule has 2 aromatic heterocycles. The van der Waals surface area contributed by atoms with Crippen molar-refractivity contribution in [2.45, 2.75) is 39.0 Å². The molecule has 2 fully saturated rings. The molecule has 1 saturated heterocycles. The Labute approximate surface area is 171 Å². The number of anilines is 2. The molecule has 2 atom stereocenters. The van der Waals surface area contributed by atoms with Gasteiger partial charge in [0.1, 0.15) is 11.5 Å². The van der Waals surface area contributed by atoms with Crippen LogP contribution in [0.15, 0.2) is 28.6 Å². The smallest absolute Gasteiger partial charge is 0.197 e. The fourth-order valence-electron chi connectivity index (χ4n) is 4.45. The van der Waals surface area contributed by atoms with Crippen LogP contribution in [0.4, 0.5) is 10.9 Å². The van der Waals surface area contributed by atoms with Gasteiger partial charge in [0.05, 0.1) is 5.69 Å². The topological polar surface area (TPSA) is 65.4 Å². The Balaban J connectivity index is 1.47. The maximum atomic E-state index is 4.95. The highest BCUT2D eigenvalue weighted by atomic mass is 32.1. The second-order valence-electron chi connectivity index (χ2n) is 7.69. The van der Waals surface area contributed by atoms with E-state index in [4.69, 9.17) is 9.97 Å². The van der Waals surface area contributed by atoms with E-state index in [-0.39, 0.29) is 0 Å². The number of rotatable bonds is 4. The van der Waals surface area contributed by atoms with Crippen molar-refractivity contribution >= 4 is 28.2 Å². The van der Waals surface area contributed by atoms with Crippen molar-refractivity contribution in [2.75, 3.05) is 36.9 Å². The molecule has 1 aliphatic heterocycles. The zero-order valence-electron chi connectivity index (χ0n) is 16.8. The molecule has 0 bridgehead atoms. The third-order valence-corrected chi connectivity index (χ3v) is 6.67. The Bertz CT molecular complexity index is 817. The molecule has 2 aromatic rings. The second kappa shape index (κ2) is 8.90. The molecule has 28 heavy (non-hydrogen) atoms. The van der Waals surface area contributed by atoms with Gasteiger partial charge in [-0.1, -0.05) is 25.3 Å². The van der Waals surface area contributed by atoms with Crippen molar-refractivity contribution in [3.63, 3.8) is 0 Å². The van der Waals surface area contributed by atoms with Crippen LogP contribution < -0.4 is 15.5 Å². The van der Waals surface area contributed by atoms with E-state index in [1.807, 2.05) is 6.92 Å². The van der Waals surface area contributed by atoms with Crippen molar-refractivity contribution in [3.8, 4) is 11.4 Å². The van der Waals surface area contributed by atoms with Crippen LogP contribution in [0.25, 0.3) is 11.4 Å². The normalized spacial score (nSPS) is 22.6. The quantitative estimate of drug-likeness (QED) is 0.596. The third-order valence-electron chi connectivity index (χ3n) is 5.91. The average Bonchev–Trinajstić information content (AvgIpc) is 3.22. The molecule has 0 aromatic carbocycles. The number of fused-ring (bicyclic) bond motifs is 1. The Hall–Kier alpha value is -2.15. The van der Waals surface area contributed by atoms with E-state index in [9.17, 15) is 0 Å². The van der Waals surface area contributed by atoms with E-state index >= 15 is 0 Å². The highest BCUT2D eigenvalue weighted by molar-refractivity contribution is 7.14. The van der Waals surface area contributed by atoms with Crippen molar-refractivity contribution in [1.29, 1.82) is 0 Å². The predicted octanol–water partition coefficient (Wildman–Crippen LogP) is 4.23. The zero-order valence-corrected chi connectivity index (χ0v) is 17.6. The minimum absolute atomic E-state index is 0.737. The summed E-state index contributed by atoms with van der Waals surface area (Å²) >= 11 is 1.57. The summed E-state index contributed by atoms with van der Waals surface area (Å²) in [5, 5.41) is 9.31. The number of aromatic nitrogens is 2. The fraction of sp³-hybridized carbons (Fsp3) is 0.571. The van der Waals surface area contributed by atoms with Crippen LogP contribution in [-0.2, 0) is 0 Å². The Morgan fingerprint density at radius 3 is 2.86 bits per heavy atom. The van der Waals surface area contributed by atoms with Crippen LogP contribution >= 0.6 is 11.3 Å². The number of nitrogens with one attached hydrogen (secondary N) is 2. The van der Waals surface area contributed by atoms with Gasteiger partial charge in [-0.2, -0.15) is 0 Å². The van der Waals surface area contributed by atoms with Gasteiger partial charge in [-0.25, -0.2) is 9.97 Å². The lowest BCUT2D eigenvalue weighted by molar-refractivity contribution is 0.202. The molecule has 0 unspecified atom stereocenters. The lowest BCUT2D eigenvalue weighted by Crippen LogP contribution is -2.42. The number of piperidine rings is 1. The molecule has 0 spiro atoms. The molecular weight excluding hydrogens is 368 g/mol. The summed E-state index contributed by atoms with van der Waals surface area (Å²) in [7, 11) is 1.76. The highest BCUT2D eigenvalue weighted by Gasteiger charge is 2.31. The summed E-state index contributed by atoms with van der Waals surface area (Å²) in [4.78, 5) is 16.3. The maximum Gasteiger partial charge on any atom is 0.197 e. The summed E-state index contributed by atoms with van der Waals surface area (Å²) in [5.41, 5.74) is 1.85. The van der Waals surface area contributed by atoms with E-state index in [1.165, 1.54) is 32.1 Å². The molecule has 1 saturated carbocycles. The number of nitrogens with zero attached hydrogens (tertiary/aromatic N) is 4. The molecule has 2 aliphatic rings. The molecule has 6 nitrogen and oxygen atoms in total. The zero-order chi connectivity index (χ0) is 19.3. The minimum atomic E-state index is 0.737. The highest BCUT2D eigenvalue weighted by Crippen LogP contribution is 2.37. The SMILES string of the molecule is CCNC(=NC)Nc1nc(-c2cccc(N3CC[C@@H]4CCCC[C@@H]4C3)n2)cs1. The maximum absolute atomic E-state index is 4.95. The first-order valence-corrected chi connectivity index (χ1v) is 11.3. The van der Waals surface area contributed by atoms with E-state index in [1.54, 1.807) is 18.4 Å². The molecular formula is C21H30N6S. The number of guanidine groups is 1. The van der Waals surface area contributed by atoms with Gasteiger partial charge in [0.25, 0.3) is 0 Å². The predicted molar refractivity (Wildman–Crippen MR) is 118 cm³/mol. The Kier molecular flexibility index (Phi) is 6.10. The van der Waals surface area contributed by atoms with Crippen molar-refractivity contribution in [2.24, 2.45) is 16.8 Å². The summed E-state index contributed by atoms with van der Waals surface area (Å²) in [6.45, 7) is 5.15. The fourth-order valence-corrected chi connectivity index (χ4v) is 5.15. The molecule has 0 amide bonds. The number of thiazole rings is 1. The number of aliphatic imine (C=N–C) groups is 1. The van der Waals surface area contributed by atoms with Crippen LogP contribution in [0.2, 0.25) is 0 Å². The summed E-state index contributed by atoms with van der Waals surface area (Å²) < 4.78 is 0. The van der Waals surface area contributed by atoms with Crippen LogP contribution in [0.1, 0.15) is 39.0 Å². The molecule has 0 radical (unpaired) electrons. The molecule has 4 rings (SSSR count). The van der Waals surface area contributed by atoms with Crippen LogP contribution in [0, 0.1) is 11.8 Å². The van der Waals surface area contributed by atoms with E-state index < -0.39 is 0 Å². The molecule has 2 N–H and O–H groups in total. The van der Waals surface area contributed by atoms with Gasteiger partial charge < -0.3 is 15.5 Å². The van der Waals surface area contributed by atoms with Gasteiger partial charge in [0.15, 0.2) is 11.1 Å². The average molecular weight is 399 g/mol. The van der Waals surface area contributed by atoms with Crippen molar-refractivity contribution in [3.05, 3.63) is 23.6 Å². The third kappa shape index (κ3) is 4.29. The van der Waals surface area contributed by atoms with Gasteiger partial charge in [0.2, 0.25) is 0 Å². The van der Waals surface area contributed by atoms with Crippen molar-refractivity contribution in [1.82, 2.24) is 15.3 Å². The van der Waals surface area contributed by atoms with Gasteiger partial charge in [-0.15, -0.1) is 11.3 Å². The van der Waals surface area contributed by atoms with Gasteiger partial charge in [-0.3, -0.25) is 4.99 Å². The van der Waals surface area contributed by atoms with E-state index in [0.29, 0.717) is 0 Å². The first-order chi connectivity index (χ1) is 13.8. The number of pyridine rings is 1. The molecule has 1 aliphatic carbocycles. The lowest BCUT2D eigenvalue weighted by Gasteiger charge is -2.41. The van der Waals surface area contributed by atoms with Gasteiger partial charge >= 0.3 is 0 Å². The summed E-state index contributed by atoms with van der Waals surface area (Å²) in [5.74, 6) is 3.61. The van der Waals surface area contributed by atoms with E-state index in [0.717, 1.165) is 59.8 Å². The van der Waals surface area contributed by atoms with Crippen molar-refractivity contribution < 1.29 is 0 Å². The molecule has 150 valence electrons. The Morgan fingerprint density at radius 2 is 2.04 bits per heavy atom. The Morgan fingerprint density at radius 1 is 1.18 bits per heavy atom.